The van der Waals surface area contributed by atoms with Crippen LogP contribution in [0.4, 0.5) is 10.5 Å². The van der Waals surface area contributed by atoms with E-state index in [4.69, 9.17) is 10.2 Å². The second-order valence-corrected chi connectivity index (χ2v) is 9.83. The molecule has 0 saturated heterocycles. The van der Waals surface area contributed by atoms with Crippen LogP contribution in [0.1, 0.15) is 33.9 Å². The van der Waals surface area contributed by atoms with E-state index in [9.17, 15) is 27.6 Å². The van der Waals surface area contributed by atoms with Gasteiger partial charge in [-0.15, -0.1) is 0 Å². The fourth-order valence-electron chi connectivity index (χ4n) is 3.41. The molecule has 14 heteroatoms. The van der Waals surface area contributed by atoms with Gasteiger partial charge >= 0.3 is 12.0 Å². The number of carbonyl (C=O) groups excluding carboxylic acids is 3. The number of nitrogens with two attached hydrogens (primary N) is 1. The maximum atomic E-state index is 12.6. The third kappa shape index (κ3) is 9.21. The van der Waals surface area contributed by atoms with Gasteiger partial charge in [0.25, 0.3) is 5.91 Å². The van der Waals surface area contributed by atoms with Crippen molar-refractivity contribution in [1.29, 1.82) is 0 Å². The molecule has 7 N–H and O–H groups in total. The number of benzene rings is 2. The Morgan fingerprint density at radius 3 is 2.36 bits per heavy atom. The van der Waals surface area contributed by atoms with Crippen LogP contribution < -0.4 is 26.4 Å². The molecule has 3 rings (SSSR count). The zero-order valence-electron chi connectivity index (χ0n) is 20.5. The zero-order chi connectivity index (χ0) is 28.4. The highest BCUT2D eigenvalue weighted by molar-refractivity contribution is 7.89. The van der Waals surface area contributed by atoms with Gasteiger partial charge < -0.3 is 26.4 Å². The number of nitrogens with zero attached hydrogens (tertiary/aromatic N) is 1. The van der Waals surface area contributed by atoms with Crippen LogP contribution in [0.3, 0.4) is 0 Å². The Morgan fingerprint density at radius 2 is 1.72 bits per heavy atom. The first kappa shape index (κ1) is 28.7. The van der Waals surface area contributed by atoms with Crippen LogP contribution in [0.15, 0.2) is 78.0 Å². The van der Waals surface area contributed by atoms with Crippen molar-refractivity contribution < 1.29 is 32.7 Å². The molecule has 4 amide bonds. The van der Waals surface area contributed by atoms with Gasteiger partial charge in [-0.3, -0.25) is 19.4 Å². The number of primary sulfonamides is 1. The normalized spacial score (nSPS) is 11.6. The number of amides is 4. The number of anilines is 1. The quantitative estimate of drug-likeness (QED) is 0.202. The molecule has 0 fully saturated rings. The molecule has 1 atom stereocenters. The van der Waals surface area contributed by atoms with Crippen LogP contribution in [0.5, 0.6) is 0 Å². The van der Waals surface area contributed by atoms with Gasteiger partial charge in [0.2, 0.25) is 15.9 Å². The zero-order valence-corrected chi connectivity index (χ0v) is 21.3. The van der Waals surface area contributed by atoms with E-state index in [1.807, 2.05) is 0 Å². The maximum absolute atomic E-state index is 12.6. The molecular formula is C25H26N6O7S. The predicted molar refractivity (Wildman–Crippen MR) is 140 cm³/mol. The van der Waals surface area contributed by atoms with E-state index in [1.165, 1.54) is 48.8 Å². The highest BCUT2D eigenvalue weighted by atomic mass is 32.2. The largest absolute Gasteiger partial charge is 0.481 e. The van der Waals surface area contributed by atoms with E-state index in [2.05, 4.69) is 26.3 Å². The topological polar surface area (TPSA) is 210 Å². The fraction of sp³-hybridized carbons (Fsp3) is 0.160. The molecule has 1 heterocycles. The Balaban J connectivity index is 1.51. The third-order valence-electron chi connectivity index (χ3n) is 5.30. The number of urea groups is 1. The summed E-state index contributed by atoms with van der Waals surface area (Å²) in [6.07, 6.45) is 2.61. The van der Waals surface area contributed by atoms with Crippen molar-refractivity contribution in [2.75, 3.05) is 11.9 Å². The molecule has 0 aliphatic carbocycles. The van der Waals surface area contributed by atoms with E-state index in [1.54, 1.807) is 24.3 Å². The van der Waals surface area contributed by atoms with Gasteiger partial charge in [0.05, 0.1) is 23.9 Å². The number of hydrogen-bond acceptors (Lipinski definition) is 7. The van der Waals surface area contributed by atoms with E-state index in [-0.39, 0.29) is 23.4 Å². The minimum absolute atomic E-state index is 0.0446. The van der Waals surface area contributed by atoms with Crippen molar-refractivity contribution in [2.24, 2.45) is 5.14 Å². The van der Waals surface area contributed by atoms with Gasteiger partial charge in [-0.1, -0.05) is 24.3 Å². The van der Waals surface area contributed by atoms with Crippen LogP contribution in [0.25, 0.3) is 0 Å². The van der Waals surface area contributed by atoms with Gasteiger partial charge in [0, 0.05) is 30.2 Å². The summed E-state index contributed by atoms with van der Waals surface area (Å²) < 4.78 is 22.6. The number of rotatable bonds is 11. The average molecular weight is 555 g/mol. The van der Waals surface area contributed by atoms with E-state index < -0.39 is 46.4 Å². The van der Waals surface area contributed by atoms with E-state index >= 15 is 0 Å². The number of carbonyl (C=O) groups is 4. The Kier molecular flexibility index (Phi) is 9.67. The summed E-state index contributed by atoms with van der Waals surface area (Å²) in [7, 11) is -3.81. The van der Waals surface area contributed by atoms with Crippen molar-refractivity contribution in [1.82, 2.24) is 20.9 Å². The van der Waals surface area contributed by atoms with Crippen LogP contribution in [-0.4, -0.2) is 48.9 Å². The second kappa shape index (κ2) is 13.1. The van der Waals surface area contributed by atoms with Crippen molar-refractivity contribution in [3.05, 3.63) is 89.7 Å². The number of hydrogen-bond donors (Lipinski definition) is 6. The number of aliphatic carboxylic acids is 1. The van der Waals surface area contributed by atoms with Gasteiger partial charge in [-0.2, -0.15) is 0 Å². The minimum Gasteiger partial charge on any atom is -0.481 e. The number of sulfonamides is 1. The van der Waals surface area contributed by atoms with E-state index in [0.717, 1.165) is 0 Å². The lowest BCUT2D eigenvalue weighted by atomic mass is 10.1. The molecule has 0 spiro atoms. The first-order valence-electron chi connectivity index (χ1n) is 11.5. The maximum Gasteiger partial charge on any atom is 0.319 e. The van der Waals surface area contributed by atoms with Crippen LogP contribution in [-0.2, 0) is 26.2 Å². The average Bonchev–Trinajstić information content (AvgIpc) is 2.90. The first-order valence-corrected chi connectivity index (χ1v) is 13.0. The van der Waals surface area contributed by atoms with Crippen LogP contribution in [0.2, 0.25) is 0 Å². The monoisotopic (exact) mass is 554 g/mol. The number of aromatic nitrogens is 1. The van der Waals surface area contributed by atoms with E-state index in [0.29, 0.717) is 16.8 Å². The van der Waals surface area contributed by atoms with Crippen LogP contribution in [0, 0.1) is 0 Å². The van der Waals surface area contributed by atoms with Gasteiger partial charge in [0.15, 0.2) is 0 Å². The molecule has 0 aliphatic heterocycles. The molecule has 3 aromatic rings. The summed E-state index contributed by atoms with van der Waals surface area (Å²) >= 11 is 0. The third-order valence-corrected chi connectivity index (χ3v) is 6.23. The molecule has 1 aromatic heterocycles. The Labute approximate surface area is 223 Å². The van der Waals surface area contributed by atoms with Crippen molar-refractivity contribution in [3.63, 3.8) is 0 Å². The summed E-state index contributed by atoms with van der Waals surface area (Å²) in [4.78, 5) is 52.3. The summed E-state index contributed by atoms with van der Waals surface area (Å²) in [5.41, 5.74) is 1.64. The van der Waals surface area contributed by atoms with Crippen molar-refractivity contribution in [3.8, 4) is 0 Å². The molecule has 204 valence electrons. The number of pyridine rings is 1. The Hall–Kier alpha value is -4.82. The summed E-state index contributed by atoms with van der Waals surface area (Å²) in [5.74, 6) is -2.29. The van der Waals surface area contributed by atoms with Gasteiger partial charge in [-0.05, 0) is 47.5 Å². The lowest BCUT2D eigenvalue weighted by Gasteiger charge is -2.17. The molecular weight excluding hydrogens is 528 g/mol. The van der Waals surface area contributed by atoms with Crippen molar-refractivity contribution in [2.45, 2.75) is 23.9 Å². The molecule has 0 bridgehead atoms. The molecule has 13 nitrogen and oxygen atoms in total. The highest BCUT2D eigenvalue weighted by Gasteiger charge is 2.19. The summed E-state index contributed by atoms with van der Waals surface area (Å²) in [5, 5.41) is 24.4. The smallest absolute Gasteiger partial charge is 0.319 e. The molecule has 0 radical (unpaired) electrons. The van der Waals surface area contributed by atoms with Gasteiger partial charge in [-0.25, -0.2) is 18.4 Å². The summed E-state index contributed by atoms with van der Waals surface area (Å²) in [6.45, 7) is -0.300. The first-order chi connectivity index (χ1) is 18.5. The lowest BCUT2D eigenvalue weighted by Crippen LogP contribution is -2.39. The standard InChI is InChI=1S/C25H26N6O7S/c26-39(37,38)20-8-6-16(7-9-20)13-29-25(36)30-19-5-1-3-17(11-19)24(35)28-15-22(32)31-21(12-23(33)34)18-4-2-10-27-14-18/h1-11,14,21H,12-13,15H2,(H,28,35)(H,31,32)(H,33,34)(H2,26,37,38)(H2,29,30,36). The molecule has 39 heavy (non-hydrogen) atoms. The summed E-state index contributed by atoms with van der Waals surface area (Å²) in [6, 6.07) is 13.6. The molecule has 2 aromatic carbocycles. The molecule has 0 saturated carbocycles. The SMILES string of the molecule is NS(=O)(=O)c1ccc(CNC(=O)Nc2cccc(C(=O)NCC(=O)NC(CC(=O)O)c3cccnc3)c2)cc1. The highest BCUT2D eigenvalue weighted by Crippen LogP contribution is 2.15. The predicted octanol–water partition coefficient (Wildman–Crippen LogP) is 1.11. The fourth-order valence-corrected chi connectivity index (χ4v) is 3.93. The second-order valence-electron chi connectivity index (χ2n) is 8.26. The van der Waals surface area contributed by atoms with Crippen molar-refractivity contribution >= 4 is 39.5 Å². The molecule has 0 aliphatic rings. The lowest BCUT2D eigenvalue weighted by molar-refractivity contribution is -0.137. The number of carboxylic acid groups (broad SMARTS) is 1. The Bertz CT molecular complexity index is 1450. The number of nitrogens with one attached hydrogen (secondary N) is 4. The minimum atomic E-state index is -3.81. The Morgan fingerprint density at radius 1 is 0.974 bits per heavy atom. The van der Waals surface area contributed by atoms with Crippen LogP contribution >= 0.6 is 0 Å². The van der Waals surface area contributed by atoms with Gasteiger partial charge in [0.1, 0.15) is 0 Å². The number of carboxylic acids is 1. The molecule has 1 unspecified atom stereocenters.